The number of nitro benzene ring substituents is 1. The minimum absolute atomic E-state index is 0.0824. The number of ketones is 1. The summed E-state index contributed by atoms with van der Waals surface area (Å²) in [6.07, 6.45) is 1.71. The summed E-state index contributed by atoms with van der Waals surface area (Å²) in [6, 6.07) is 3.86. The Morgan fingerprint density at radius 2 is 1.85 bits per heavy atom. The van der Waals surface area contributed by atoms with Crippen molar-refractivity contribution in [2.24, 2.45) is 0 Å². The zero-order valence-electron chi connectivity index (χ0n) is 10.9. The minimum Gasteiger partial charge on any atom is -0.365 e. The van der Waals surface area contributed by atoms with Gasteiger partial charge in [0.15, 0.2) is 9.84 Å². The molecular formula is C12H14N2O5S. The average molecular weight is 298 g/mol. The highest BCUT2D eigenvalue weighted by atomic mass is 32.2. The Morgan fingerprint density at radius 1 is 1.25 bits per heavy atom. The largest absolute Gasteiger partial charge is 0.365 e. The van der Waals surface area contributed by atoms with Crippen LogP contribution in [0.2, 0.25) is 0 Å². The summed E-state index contributed by atoms with van der Waals surface area (Å²) in [5.41, 5.74) is 0.108. The third-order valence-electron chi connectivity index (χ3n) is 3.23. The molecule has 0 spiro atoms. The van der Waals surface area contributed by atoms with Gasteiger partial charge in [-0.2, -0.15) is 0 Å². The van der Waals surface area contributed by atoms with Crippen molar-refractivity contribution >= 4 is 27.0 Å². The normalized spacial score (nSPS) is 16.2. The molecule has 1 aromatic carbocycles. The van der Waals surface area contributed by atoms with Crippen LogP contribution < -0.4 is 4.90 Å². The Morgan fingerprint density at radius 3 is 2.35 bits per heavy atom. The molecule has 7 nitrogen and oxygen atoms in total. The quantitative estimate of drug-likeness (QED) is 0.613. The van der Waals surface area contributed by atoms with Gasteiger partial charge >= 0.3 is 0 Å². The number of benzene rings is 1. The first kappa shape index (κ1) is 14.4. The van der Waals surface area contributed by atoms with Gasteiger partial charge in [-0.3, -0.25) is 14.9 Å². The number of piperidine rings is 1. The number of rotatable bonds is 3. The molecule has 0 amide bonds. The number of carbonyl (C=O) groups excluding carboxylic acids is 1. The van der Waals surface area contributed by atoms with Crippen molar-refractivity contribution < 1.29 is 18.1 Å². The zero-order valence-corrected chi connectivity index (χ0v) is 11.7. The van der Waals surface area contributed by atoms with E-state index in [0.717, 1.165) is 12.3 Å². The number of anilines is 1. The summed E-state index contributed by atoms with van der Waals surface area (Å²) in [6.45, 7) is 0.829. The third kappa shape index (κ3) is 2.96. The highest BCUT2D eigenvalue weighted by Crippen LogP contribution is 2.32. The summed E-state index contributed by atoms with van der Waals surface area (Å²) >= 11 is 0. The van der Waals surface area contributed by atoms with Gasteiger partial charge in [0, 0.05) is 38.3 Å². The van der Waals surface area contributed by atoms with Gasteiger partial charge in [0.05, 0.1) is 9.82 Å². The Balaban J connectivity index is 2.43. The second kappa shape index (κ2) is 5.20. The molecule has 20 heavy (non-hydrogen) atoms. The molecule has 1 heterocycles. The Kier molecular flexibility index (Phi) is 3.76. The van der Waals surface area contributed by atoms with Crippen molar-refractivity contribution in [3.8, 4) is 0 Å². The maximum absolute atomic E-state index is 11.5. The molecular weight excluding hydrogens is 284 g/mol. The lowest BCUT2D eigenvalue weighted by atomic mass is 10.1. The molecule has 0 atom stereocenters. The molecule has 1 saturated heterocycles. The standard InChI is InChI=1S/C12H14N2O5S/c1-20(18,19)10-2-3-11(12(8-10)14(16)17)13-6-4-9(15)5-7-13/h2-3,8H,4-7H2,1H3. The van der Waals surface area contributed by atoms with E-state index in [1.54, 1.807) is 4.90 Å². The molecule has 1 aromatic rings. The summed E-state index contributed by atoms with van der Waals surface area (Å²) in [7, 11) is -3.49. The molecule has 0 bridgehead atoms. The van der Waals surface area contributed by atoms with E-state index < -0.39 is 14.8 Å². The Bertz CT molecular complexity index is 658. The topological polar surface area (TPSA) is 97.6 Å². The first-order valence-corrected chi connectivity index (χ1v) is 7.93. The molecule has 0 radical (unpaired) electrons. The lowest BCUT2D eigenvalue weighted by Crippen LogP contribution is -2.34. The summed E-state index contributed by atoms with van der Waals surface area (Å²) in [5.74, 6) is 0.136. The van der Waals surface area contributed by atoms with E-state index in [4.69, 9.17) is 0 Å². The lowest BCUT2D eigenvalue weighted by Gasteiger charge is -2.27. The van der Waals surface area contributed by atoms with Gasteiger partial charge < -0.3 is 4.90 Å². The molecule has 8 heteroatoms. The van der Waals surface area contributed by atoms with Gasteiger partial charge in [-0.05, 0) is 12.1 Å². The SMILES string of the molecule is CS(=O)(=O)c1ccc(N2CCC(=O)CC2)c([N+](=O)[O-])c1. The molecule has 0 aliphatic carbocycles. The van der Waals surface area contributed by atoms with Crippen LogP contribution in [-0.4, -0.2) is 38.5 Å². The first-order valence-electron chi connectivity index (χ1n) is 6.04. The van der Waals surface area contributed by atoms with E-state index in [-0.39, 0.29) is 16.4 Å². The molecule has 108 valence electrons. The predicted octanol–water partition coefficient (Wildman–Crippen LogP) is 1.17. The molecule has 0 N–H and O–H groups in total. The van der Waals surface area contributed by atoms with E-state index in [1.807, 2.05) is 0 Å². The van der Waals surface area contributed by atoms with Crippen molar-refractivity contribution in [3.05, 3.63) is 28.3 Å². The molecule has 1 aliphatic heterocycles. The van der Waals surface area contributed by atoms with E-state index in [0.29, 0.717) is 31.6 Å². The monoisotopic (exact) mass is 298 g/mol. The second-order valence-electron chi connectivity index (χ2n) is 4.71. The van der Waals surface area contributed by atoms with Crippen LogP contribution in [0.3, 0.4) is 0 Å². The number of nitro groups is 1. The number of Topliss-reactive ketones (excluding diaryl/α,β-unsaturated/α-hetero) is 1. The van der Waals surface area contributed by atoms with Crippen molar-refractivity contribution in [2.75, 3.05) is 24.2 Å². The van der Waals surface area contributed by atoms with Gasteiger partial charge in [0.2, 0.25) is 0 Å². The summed E-state index contributed by atoms with van der Waals surface area (Å²) in [5, 5.41) is 11.1. The summed E-state index contributed by atoms with van der Waals surface area (Å²) in [4.78, 5) is 23.4. The third-order valence-corrected chi connectivity index (χ3v) is 4.34. The van der Waals surface area contributed by atoms with Crippen LogP contribution in [0.4, 0.5) is 11.4 Å². The molecule has 1 aliphatic rings. The smallest absolute Gasteiger partial charge is 0.293 e. The number of sulfone groups is 1. The van der Waals surface area contributed by atoms with Gasteiger partial charge in [-0.25, -0.2) is 8.42 Å². The average Bonchev–Trinajstić information content (AvgIpc) is 2.38. The van der Waals surface area contributed by atoms with Crippen molar-refractivity contribution in [2.45, 2.75) is 17.7 Å². The van der Waals surface area contributed by atoms with Crippen LogP contribution in [0.15, 0.2) is 23.1 Å². The van der Waals surface area contributed by atoms with Gasteiger partial charge in [-0.1, -0.05) is 0 Å². The van der Waals surface area contributed by atoms with E-state index in [1.165, 1.54) is 12.1 Å². The molecule has 1 fully saturated rings. The van der Waals surface area contributed by atoms with E-state index >= 15 is 0 Å². The fourth-order valence-electron chi connectivity index (χ4n) is 2.14. The molecule has 2 rings (SSSR count). The zero-order chi connectivity index (χ0) is 14.9. The number of hydrogen-bond donors (Lipinski definition) is 0. The van der Waals surface area contributed by atoms with Crippen molar-refractivity contribution in [1.29, 1.82) is 0 Å². The van der Waals surface area contributed by atoms with Crippen LogP contribution in [0.5, 0.6) is 0 Å². The van der Waals surface area contributed by atoms with Gasteiger partial charge in [-0.15, -0.1) is 0 Å². The van der Waals surface area contributed by atoms with Crippen LogP contribution in [0.1, 0.15) is 12.8 Å². The number of carbonyl (C=O) groups is 1. The van der Waals surface area contributed by atoms with Crippen LogP contribution >= 0.6 is 0 Å². The maximum atomic E-state index is 11.5. The van der Waals surface area contributed by atoms with Crippen molar-refractivity contribution in [1.82, 2.24) is 0 Å². The first-order chi connectivity index (χ1) is 9.29. The predicted molar refractivity (Wildman–Crippen MR) is 72.7 cm³/mol. The van der Waals surface area contributed by atoms with Gasteiger partial charge in [0.1, 0.15) is 11.5 Å². The number of hydrogen-bond acceptors (Lipinski definition) is 6. The lowest BCUT2D eigenvalue weighted by molar-refractivity contribution is -0.384. The minimum atomic E-state index is -3.49. The van der Waals surface area contributed by atoms with Crippen LogP contribution in [-0.2, 0) is 14.6 Å². The molecule has 0 saturated carbocycles. The van der Waals surface area contributed by atoms with Crippen molar-refractivity contribution in [3.63, 3.8) is 0 Å². The molecule has 0 unspecified atom stereocenters. The fourth-order valence-corrected chi connectivity index (χ4v) is 2.79. The second-order valence-corrected chi connectivity index (χ2v) is 6.72. The fraction of sp³-hybridized carbons (Fsp3) is 0.417. The van der Waals surface area contributed by atoms with Crippen LogP contribution in [0, 0.1) is 10.1 Å². The Hall–Kier alpha value is -1.96. The van der Waals surface area contributed by atoms with E-state index in [9.17, 15) is 23.3 Å². The highest BCUT2D eigenvalue weighted by Gasteiger charge is 2.25. The molecule has 0 aromatic heterocycles. The van der Waals surface area contributed by atoms with E-state index in [2.05, 4.69) is 0 Å². The Labute approximate surface area is 116 Å². The highest BCUT2D eigenvalue weighted by molar-refractivity contribution is 7.90. The number of nitrogens with zero attached hydrogens (tertiary/aromatic N) is 2. The maximum Gasteiger partial charge on any atom is 0.293 e. The van der Waals surface area contributed by atoms with Gasteiger partial charge in [0.25, 0.3) is 5.69 Å². The van der Waals surface area contributed by atoms with Crippen LogP contribution in [0.25, 0.3) is 0 Å². The summed E-state index contributed by atoms with van der Waals surface area (Å²) < 4.78 is 22.9.